The lowest BCUT2D eigenvalue weighted by atomic mass is 10.0. The highest BCUT2D eigenvalue weighted by atomic mass is 16.5. The Labute approximate surface area is 110 Å². The first-order valence-electron chi connectivity index (χ1n) is 6.15. The fourth-order valence-electron chi connectivity index (χ4n) is 2.20. The predicted octanol–water partition coefficient (Wildman–Crippen LogP) is 2.05. The lowest BCUT2D eigenvalue weighted by molar-refractivity contribution is 0.00768. The number of rotatable bonds is 2. The highest BCUT2D eigenvalue weighted by molar-refractivity contribution is 5.64. The Balaban J connectivity index is 1.94. The van der Waals surface area contributed by atoms with E-state index in [0.29, 0.717) is 23.9 Å². The fourth-order valence-corrected chi connectivity index (χ4v) is 2.20. The third-order valence-corrected chi connectivity index (χ3v) is 3.39. The number of phenolic OH excluding ortho intramolecular Hbond substituents is 1. The van der Waals surface area contributed by atoms with E-state index in [0.717, 1.165) is 12.8 Å². The fraction of sp³-hybridized carbons (Fsp3) is 0.385. The summed E-state index contributed by atoms with van der Waals surface area (Å²) in [5.41, 5.74) is 6.14. The van der Waals surface area contributed by atoms with Crippen molar-refractivity contribution in [1.29, 1.82) is 0 Å². The second kappa shape index (κ2) is 4.24. The summed E-state index contributed by atoms with van der Waals surface area (Å²) in [7, 11) is 0. The van der Waals surface area contributed by atoms with Crippen LogP contribution in [0, 0.1) is 0 Å². The molecule has 0 amide bonds. The molecule has 6 heteroatoms. The van der Waals surface area contributed by atoms with Crippen LogP contribution in [-0.4, -0.2) is 21.9 Å². The Morgan fingerprint density at radius 1 is 1.42 bits per heavy atom. The zero-order valence-corrected chi connectivity index (χ0v) is 10.6. The van der Waals surface area contributed by atoms with E-state index in [1.165, 1.54) is 6.07 Å². The number of aromatic hydroxyl groups is 1. The Hall–Kier alpha value is -2.08. The van der Waals surface area contributed by atoms with Gasteiger partial charge in [0.05, 0.1) is 5.69 Å². The average molecular weight is 261 g/mol. The molecule has 1 unspecified atom stereocenters. The Bertz CT molecular complexity index is 603. The van der Waals surface area contributed by atoms with Gasteiger partial charge in [0.1, 0.15) is 11.4 Å². The second-order valence-electron chi connectivity index (χ2n) is 4.88. The van der Waals surface area contributed by atoms with Gasteiger partial charge in [-0.3, -0.25) is 0 Å². The van der Waals surface area contributed by atoms with Crippen LogP contribution >= 0.6 is 0 Å². The summed E-state index contributed by atoms with van der Waals surface area (Å²) in [5.74, 6) is 0.958. The number of ether oxygens (including phenoxy) is 1. The molecule has 0 saturated carbocycles. The van der Waals surface area contributed by atoms with Gasteiger partial charge in [-0.1, -0.05) is 5.16 Å². The van der Waals surface area contributed by atoms with Gasteiger partial charge < -0.3 is 20.1 Å². The quantitative estimate of drug-likeness (QED) is 0.634. The molecule has 0 spiro atoms. The maximum atomic E-state index is 9.40. The third-order valence-electron chi connectivity index (χ3n) is 3.39. The SMILES string of the molecule is CC1(c2noc(-c3ccc(O)c(N)c3)n2)CCCO1. The lowest BCUT2D eigenvalue weighted by Crippen LogP contribution is -2.21. The van der Waals surface area contributed by atoms with Crippen LogP contribution in [0.2, 0.25) is 0 Å². The van der Waals surface area contributed by atoms with Gasteiger partial charge in [0.25, 0.3) is 5.89 Å². The van der Waals surface area contributed by atoms with E-state index in [1.54, 1.807) is 12.1 Å². The molecule has 6 nitrogen and oxygen atoms in total. The van der Waals surface area contributed by atoms with Crippen molar-refractivity contribution in [1.82, 2.24) is 10.1 Å². The molecule has 19 heavy (non-hydrogen) atoms. The van der Waals surface area contributed by atoms with Gasteiger partial charge >= 0.3 is 0 Å². The Morgan fingerprint density at radius 2 is 2.26 bits per heavy atom. The highest BCUT2D eigenvalue weighted by Gasteiger charge is 2.36. The van der Waals surface area contributed by atoms with Crippen LogP contribution in [0.25, 0.3) is 11.5 Å². The normalized spacial score (nSPS) is 22.8. The lowest BCUT2D eigenvalue weighted by Gasteiger charge is -2.17. The second-order valence-corrected chi connectivity index (χ2v) is 4.88. The maximum Gasteiger partial charge on any atom is 0.258 e. The molecule has 1 aromatic carbocycles. The number of phenols is 1. The molecule has 0 aliphatic carbocycles. The molecule has 0 radical (unpaired) electrons. The van der Waals surface area contributed by atoms with Crippen molar-refractivity contribution >= 4 is 5.69 Å². The van der Waals surface area contributed by atoms with Crippen molar-refractivity contribution in [2.45, 2.75) is 25.4 Å². The average Bonchev–Trinajstić information content (AvgIpc) is 3.02. The number of aromatic nitrogens is 2. The summed E-state index contributed by atoms with van der Waals surface area (Å²) >= 11 is 0. The largest absolute Gasteiger partial charge is 0.506 e. The summed E-state index contributed by atoms with van der Waals surface area (Å²) in [5, 5.41) is 13.4. The first-order chi connectivity index (χ1) is 9.08. The van der Waals surface area contributed by atoms with E-state index in [4.69, 9.17) is 15.0 Å². The zero-order valence-electron chi connectivity index (χ0n) is 10.6. The monoisotopic (exact) mass is 261 g/mol. The van der Waals surface area contributed by atoms with Gasteiger partial charge in [-0.25, -0.2) is 0 Å². The van der Waals surface area contributed by atoms with Crippen molar-refractivity contribution in [2.75, 3.05) is 12.3 Å². The maximum absolute atomic E-state index is 9.40. The van der Waals surface area contributed by atoms with Gasteiger partial charge in [0.15, 0.2) is 0 Å². The molecule has 1 aliphatic heterocycles. The van der Waals surface area contributed by atoms with Crippen LogP contribution in [-0.2, 0) is 10.3 Å². The van der Waals surface area contributed by atoms with Gasteiger partial charge in [0.2, 0.25) is 5.82 Å². The number of anilines is 1. The molecule has 1 fully saturated rings. The van der Waals surface area contributed by atoms with E-state index < -0.39 is 5.60 Å². The number of nitrogens with zero attached hydrogens (tertiary/aromatic N) is 2. The molecule has 2 heterocycles. The Morgan fingerprint density at radius 3 is 2.95 bits per heavy atom. The molecule has 1 aromatic heterocycles. The summed E-state index contributed by atoms with van der Waals surface area (Å²) in [6, 6.07) is 4.79. The first kappa shape index (κ1) is 12.0. The van der Waals surface area contributed by atoms with Crippen LogP contribution in [0.1, 0.15) is 25.6 Å². The van der Waals surface area contributed by atoms with Crippen molar-refractivity contribution in [3.05, 3.63) is 24.0 Å². The molecule has 3 N–H and O–H groups in total. The number of nitrogens with two attached hydrogens (primary N) is 1. The molecular formula is C13H15N3O3. The van der Waals surface area contributed by atoms with Crippen LogP contribution in [0.4, 0.5) is 5.69 Å². The van der Waals surface area contributed by atoms with Crippen LogP contribution < -0.4 is 5.73 Å². The molecule has 3 rings (SSSR count). The Kier molecular flexibility index (Phi) is 2.67. The van der Waals surface area contributed by atoms with Gasteiger partial charge in [-0.05, 0) is 38.0 Å². The van der Waals surface area contributed by atoms with E-state index >= 15 is 0 Å². The highest BCUT2D eigenvalue weighted by Crippen LogP contribution is 2.35. The topological polar surface area (TPSA) is 94.4 Å². The molecule has 0 bridgehead atoms. The minimum atomic E-state index is -0.468. The minimum absolute atomic E-state index is 0.0366. The standard InChI is InChI=1S/C13H15N3O3/c1-13(5-2-6-18-13)12-15-11(19-16-12)8-3-4-10(17)9(14)7-8/h3-4,7,17H,2,5-6,14H2,1H3. The van der Waals surface area contributed by atoms with E-state index in [-0.39, 0.29) is 11.4 Å². The number of benzene rings is 1. The van der Waals surface area contributed by atoms with Gasteiger partial charge in [0, 0.05) is 12.2 Å². The molecule has 100 valence electrons. The van der Waals surface area contributed by atoms with Crippen LogP contribution in [0.3, 0.4) is 0 Å². The molecule has 1 aliphatic rings. The summed E-state index contributed by atoms with van der Waals surface area (Å²) < 4.78 is 10.9. The minimum Gasteiger partial charge on any atom is -0.506 e. The smallest absolute Gasteiger partial charge is 0.258 e. The third kappa shape index (κ3) is 2.04. The molecule has 1 atom stereocenters. The van der Waals surface area contributed by atoms with Crippen molar-refractivity contribution in [3.8, 4) is 17.2 Å². The zero-order chi connectivity index (χ0) is 13.5. The van der Waals surface area contributed by atoms with Crippen molar-refractivity contribution in [2.24, 2.45) is 0 Å². The van der Waals surface area contributed by atoms with Crippen LogP contribution in [0.15, 0.2) is 22.7 Å². The molecular weight excluding hydrogens is 246 g/mol. The summed E-state index contributed by atoms with van der Waals surface area (Å²) in [6.07, 6.45) is 1.87. The summed E-state index contributed by atoms with van der Waals surface area (Å²) in [4.78, 5) is 4.37. The molecule has 1 saturated heterocycles. The first-order valence-corrected chi connectivity index (χ1v) is 6.15. The summed E-state index contributed by atoms with van der Waals surface area (Å²) in [6.45, 7) is 2.67. The van der Waals surface area contributed by atoms with Crippen LogP contribution in [0.5, 0.6) is 5.75 Å². The van der Waals surface area contributed by atoms with E-state index in [2.05, 4.69) is 10.1 Å². The van der Waals surface area contributed by atoms with Crippen molar-refractivity contribution in [3.63, 3.8) is 0 Å². The van der Waals surface area contributed by atoms with Gasteiger partial charge in [-0.15, -0.1) is 0 Å². The van der Waals surface area contributed by atoms with Crippen molar-refractivity contribution < 1.29 is 14.4 Å². The van der Waals surface area contributed by atoms with E-state index in [9.17, 15) is 5.11 Å². The van der Waals surface area contributed by atoms with Gasteiger partial charge in [-0.2, -0.15) is 4.98 Å². The predicted molar refractivity (Wildman–Crippen MR) is 68.3 cm³/mol. The molecule has 2 aromatic rings. The number of hydrogen-bond acceptors (Lipinski definition) is 6. The number of hydrogen-bond donors (Lipinski definition) is 2. The van der Waals surface area contributed by atoms with E-state index in [1.807, 2.05) is 6.92 Å². The number of nitrogen functional groups attached to an aromatic ring is 1.